The third-order valence-electron chi connectivity index (χ3n) is 9.07. The molecule has 0 spiro atoms. The second-order valence-corrected chi connectivity index (χ2v) is 12.9. The first-order chi connectivity index (χ1) is 19.3. The van der Waals surface area contributed by atoms with Crippen molar-refractivity contribution in [1.82, 2.24) is 9.80 Å². The molecule has 1 unspecified atom stereocenters. The van der Waals surface area contributed by atoms with Crippen LogP contribution in [-0.4, -0.2) is 29.1 Å². The fraction of sp³-hybridized carbons (Fsp3) is 0.946. The lowest BCUT2D eigenvalue weighted by Gasteiger charge is -2.33. The standard InChI is InChI=1S/C37H74N2/c1-4-7-10-13-15-17-19-20-21-22-24-26-28-31-34-39-36-35-38(33-30-12-9-6-3)37(39)32-29-27-25-23-18-16-14-11-8-5-2/h35-37H,4-34H2,1-3H3. The van der Waals surface area contributed by atoms with Gasteiger partial charge in [-0.05, 0) is 25.7 Å². The van der Waals surface area contributed by atoms with E-state index in [4.69, 9.17) is 0 Å². The minimum absolute atomic E-state index is 0.641. The Morgan fingerprint density at radius 1 is 0.333 bits per heavy atom. The van der Waals surface area contributed by atoms with Crippen molar-refractivity contribution >= 4 is 0 Å². The van der Waals surface area contributed by atoms with E-state index in [1.54, 1.807) is 0 Å². The maximum absolute atomic E-state index is 2.70. The molecule has 0 aliphatic carbocycles. The summed E-state index contributed by atoms with van der Waals surface area (Å²) in [7, 11) is 0. The van der Waals surface area contributed by atoms with Crippen LogP contribution < -0.4 is 0 Å². The van der Waals surface area contributed by atoms with Crippen LogP contribution in [0.25, 0.3) is 0 Å². The monoisotopic (exact) mass is 547 g/mol. The average molecular weight is 547 g/mol. The highest BCUT2D eigenvalue weighted by Crippen LogP contribution is 2.24. The third kappa shape index (κ3) is 21.7. The second-order valence-electron chi connectivity index (χ2n) is 12.9. The molecule has 0 aromatic carbocycles. The van der Waals surface area contributed by atoms with Crippen LogP contribution in [0.5, 0.6) is 0 Å². The van der Waals surface area contributed by atoms with Gasteiger partial charge >= 0.3 is 0 Å². The Bertz CT molecular complexity index is 502. The molecule has 39 heavy (non-hydrogen) atoms. The van der Waals surface area contributed by atoms with Crippen molar-refractivity contribution in [2.24, 2.45) is 0 Å². The summed E-state index contributed by atoms with van der Waals surface area (Å²) in [6, 6.07) is 0. The molecule has 0 bridgehead atoms. The van der Waals surface area contributed by atoms with Gasteiger partial charge in [-0.25, -0.2) is 0 Å². The van der Waals surface area contributed by atoms with Gasteiger partial charge in [0.15, 0.2) is 0 Å². The van der Waals surface area contributed by atoms with E-state index >= 15 is 0 Å². The van der Waals surface area contributed by atoms with Crippen LogP contribution in [0.1, 0.15) is 207 Å². The maximum atomic E-state index is 2.70. The van der Waals surface area contributed by atoms with Gasteiger partial charge in [0.05, 0.1) is 0 Å². The van der Waals surface area contributed by atoms with E-state index in [0.29, 0.717) is 6.17 Å². The minimum Gasteiger partial charge on any atom is -0.356 e. The molecule has 2 heteroatoms. The van der Waals surface area contributed by atoms with Gasteiger partial charge < -0.3 is 9.80 Å². The normalized spacial score (nSPS) is 15.2. The van der Waals surface area contributed by atoms with E-state index in [1.165, 1.54) is 199 Å². The highest BCUT2D eigenvalue weighted by molar-refractivity contribution is 4.97. The Balaban J connectivity index is 2.13. The highest BCUT2D eigenvalue weighted by atomic mass is 15.4. The lowest BCUT2D eigenvalue weighted by molar-refractivity contribution is 0.135. The zero-order valence-corrected chi connectivity index (χ0v) is 27.5. The molecule has 0 saturated carbocycles. The topological polar surface area (TPSA) is 6.48 Å². The van der Waals surface area contributed by atoms with Gasteiger partial charge in [0.25, 0.3) is 0 Å². The lowest BCUT2D eigenvalue weighted by Crippen LogP contribution is -2.39. The summed E-state index contributed by atoms with van der Waals surface area (Å²) in [5.74, 6) is 0. The predicted molar refractivity (Wildman–Crippen MR) is 177 cm³/mol. The third-order valence-corrected chi connectivity index (χ3v) is 9.07. The number of unbranched alkanes of at least 4 members (excludes halogenated alkanes) is 25. The van der Waals surface area contributed by atoms with Crippen LogP contribution >= 0.6 is 0 Å². The summed E-state index contributed by atoms with van der Waals surface area (Å²) >= 11 is 0. The number of nitrogens with zero attached hydrogens (tertiary/aromatic N) is 2. The molecule has 232 valence electrons. The van der Waals surface area contributed by atoms with Crippen molar-refractivity contribution in [1.29, 1.82) is 0 Å². The average Bonchev–Trinajstić information content (AvgIpc) is 3.33. The molecule has 0 fully saturated rings. The summed E-state index contributed by atoms with van der Waals surface area (Å²) < 4.78 is 0. The van der Waals surface area contributed by atoms with Crippen LogP contribution in [0.2, 0.25) is 0 Å². The Hall–Kier alpha value is -0.660. The molecule has 0 saturated heterocycles. The van der Waals surface area contributed by atoms with Crippen molar-refractivity contribution in [2.75, 3.05) is 13.1 Å². The first-order valence-corrected chi connectivity index (χ1v) is 18.5. The van der Waals surface area contributed by atoms with Gasteiger partial charge in [0, 0.05) is 25.5 Å². The van der Waals surface area contributed by atoms with Crippen molar-refractivity contribution in [3.63, 3.8) is 0 Å². The molecule has 0 aromatic rings. The van der Waals surface area contributed by atoms with Crippen molar-refractivity contribution in [2.45, 2.75) is 213 Å². The molecule has 1 aliphatic rings. The highest BCUT2D eigenvalue weighted by Gasteiger charge is 2.24. The SMILES string of the molecule is CCCCCCCCCCCCCCCCN1C=CN(CCCCCC)C1CCCCCCCCCCCC. The van der Waals surface area contributed by atoms with Crippen LogP contribution in [0.3, 0.4) is 0 Å². The summed E-state index contributed by atoms with van der Waals surface area (Å²) in [4.78, 5) is 5.39. The Kier molecular flexibility index (Phi) is 26.9. The summed E-state index contributed by atoms with van der Waals surface area (Å²) in [5.41, 5.74) is 0. The number of hydrogen-bond donors (Lipinski definition) is 0. The Labute approximate surface area is 248 Å². The summed E-state index contributed by atoms with van der Waals surface area (Å²) in [5, 5.41) is 0. The largest absolute Gasteiger partial charge is 0.356 e. The van der Waals surface area contributed by atoms with Gasteiger partial charge in [-0.2, -0.15) is 0 Å². The fourth-order valence-electron chi connectivity index (χ4n) is 6.36. The smallest absolute Gasteiger partial charge is 0.101 e. The molecule has 0 radical (unpaired) electrons. The van der Waals surface area contributed by atoms with E-state index in [-0.39, 0.29) is 0 Å². The zero-order chi connectivity index (χ0) is 28.1. The molecule has 1 rings (SSSR count). The van der Waals surface area contributed by atoms with Crippen molar-refractivity contribution in [3.8, 4) is 0 Å². The predicted octanol–water partition coefficient (Wildman–Crippen LogP) is 12.8. The van der Waals surface area contributed by atoms with Crippen molar-refractivity contribution < 1.29 is 0 Å². The molecule has 2 nitrogen and oxygen atoms in total. The van der Waals surface area contributed by atoms with Gasteiger partial charge in [-0.3, -0.25) is 0 Å². The van der Waals surface area contributed by atoms with Gasteiger partial charge in [0.1, 0.15) is 6.17 Å². The van der Waals surface area contributed by atoms with Crippen LogP contribution in [0, 0.1) is 0 Å². The first-order valence-electron chi connectivity index (χ1n) is 18.5. The molecule has 0 N–H and O–H groups in total. The van der Waals surface area contributed by atoms with Gasteiger partial charge in [-0.1, -0.05) is 181 Å². The molecule has 1 heterocycles. The minimum atomic E-state index is 0.641. The molecular weight excluding hydrogens is 472 g/mol. The first kappa shape index (κ1) is 36.4. The number of rotatable bonds is 31. The van der Waals surface area contributed by atoms with Gasteiger partial charge in [0.2, 0.25) is 0 Å². The van der Waals surface area contributed by atoms with Crippen LogP contribution in [-0.2, 0) is 0 Å². The molecule has 0 amide bonds. The summed E-state index contributed by atoms with van der Waals surface area (Å²) in [6.07, 6.45) is 47.0. The van der Waals surface area contributed by atoms with Crippen LogP contribution in [0.15, 0.2) is 12.4 Å². The lowest BCUT2D eigenvalue weighted by atomic mass is 10.0. The van der Waals surface area contributed by atoms with Gasteiger partial charge in [-0.15, -0.1) is 0 Å². The van der Waals surface area contributed by atoms with E-state index in [2.05, 4.69) is 43.0 Å². The molecule has 1 aliphatic heterocycles. The van der Waals surface area contributed by atoms with Crippen LogP contribution in [0.4, 0.5) is 0 Å². The maximum Gasteiger partial charge on any atom is 0.101 e. The zero-order valence-electron chi connectivity index (χ0n) is 27.5. The molecule has 0 aromatic heterocycles. The molecular formula is C37H74N2. The second kappa shape index (κ2) is 28.9. The number of hydrogen-bond acceptors (Lipinski definition) is 2. The fourth-order valence-corrected chi connectivity index (χ4v) is 6.36. The van der Waals surface area contributed by atoms with Crippen molar-refractivity contribution in [3.05, 3.63) is 12.4 Å². The van der Waals surface area contributed by atoms with E-state index in [1.807, 2.05) is 0 Å². The van der Waals surface area contributed by atoms with E-state index < -0.39 is 0 Å². The quantitative estimate of drug-likeness (QED) is 0.0798. The Morgan fingerprint density at radius 3 is 0.923 bits per heavy atom. The van der Waals surface area contributed by atoms with E-state index in [9.17, 15) is 0 Å². The van der Waals surface area contributed by atoms with E-state index in [0.717, 1.165) is 0 Å². The summed E-state index contributed by atoms with van der Waals surface area (Å²) in [6.45, 7) is 9.47. The molecule has 1 atom stereocenters. The Morgan fingerprint density at radius 2 is 0.590 bits per heavy atom.